The van der Waals surface area contributed by atoms with Crippen LogP contribution in [-0.2, 0) is 0 Å². The molecule has 2 nitrogen and oxygen atoms in total. The fourth-order valence-electron chi connectivity index (χ4n) is 2.57. The number of benzene rings is 1. The van der Waals surface area contributed by atoms with Crippen molar-refractivity contribution in [2.75, 3.05) is 11.9 Å². The van der Waals surface area contributed by atoms with Gasteiger partial charge in [0.1, 0.15) is 5.69 Å². The van der Waals surface area contributed by atoms with Crippen LogP contribution in [0.25, 0.3) is 0 Å². The Kier molecular flexibility index (Phi) is 4.29. The van der Waals surface area contributed by atoms with Gasteiger partial charge in [0, 0.05) is 12.1 Å². The molecule has 1 aromatic carbocycles. The van der Waals surface area contributed by atoms with Crippen LogP contribution < -0.4 is 11.1 Å². The summed E-state index contributed by atoms with van der Waals surface area (Å²) in [4.78, 5) is 0. The van der Waals surface area contributed by atoms with Crippen LogP contribution in [0.1, 0.15) is 25.7 Å². The summed E-state index contributed by atoms with van der Waals surface area (Å²) in [5.41, 5.74) is 4.87. The van der Waals surface area contributed by atoms with Gasteiger partial charge < -0.3 is 11.1 Å². The Morgan fingerprint density at radius 1 is 1.05 bits per heavy atom. The van der Waals surface area contributed by atoms with Crippen LogP contribution in [0.4, 0.5) is 23.2 Å². The van der Waals surface area contributed by atoms with Crippen LogP contribution in [0.15, 0.2) is 6.07 Å². The van der Waals surface area contributed by atoms with Crippen molar-refractivity contribution in [1.82, 2.24) is 0 Å². The van der Waals surface area contributed by atoms with Crippen molar-refractivity contribution in [2.24, 2.45) is 11.7 Å². The molecule has 3 N–H and O–H groups in total. The first kappa shape index (κ1) is 14.1. The lowest BCUT2D eigenvalue weighted by Gasteiger charge is -2.32. The molecule has 6 heteroatoms. The quantitative estimate of drug-likeness (QED) is 0.657. The minimum absolute atomic E-state index is 0.0545. The van der Waals surface area contributed by atoms with Gasteiger partial charge in [-0.05, 0) is 25.3 Å². The second kappa shape index (κ2) is 5.77. The number of halogens is 4. The van der Waals surface area contributed by atoms with E-state index in [9.17, 15) is 17.6 Å². The van der Waals surface area contributed by atoms with E-state index in [0.29, 0.717) is 13.0 Å². The molecule has 0 radical (unpaired) electrons. The highest BCUT2D eigenvalue weighted by Crippen LogP contribution is 2.30. The van der Waals surface area contributed by atoms with Gasteiger partial charge in [0.2, 0.25) is 0 Å². The first-order chi connectivity index (χ1) is 9.04. The molecule has 106 valence electrons. The lowest BCUT2D eigenvalue weighted by atomic mass is 9.84. The third-order valence-electron chi connectivity index (χ3n) is 3.65. The molecule has 2 atom stereocenters. The summed E-state index contributed by atoms with van der Waals surface area (Å²) in [5.74, 6) is -5.53. The molecule has 0 aliphatic heterocycles. The Labute approximate surface area is 109 Å². The molecule has 2 rings (SSSR count). The first-order valence-corrected chi connectivity index (χ1v) is 6.34. The zero-order chi connectivity index (χ0) is 14.0. The van der Waals surface area contributed by atoms with Crippen molar-refractivity contribution in [2.45, 2.75) is 31.7 Å². The molecular formula is C13H16F4N2. The highest BCUT2D eigenvalue weighted by atomic mass is 19.2. The zero-order valence-corrected chi connectivity index (χ0v) is 10.4. The van der Waals surface area contributed by atoms with E-state index in [1.807, 2.05) is 0 Å². The smallest absolute Gasteiger partial charge is 0.185 e. The van der Waals surface area contributed by atoms with Crippen molar-refractivity contribution in [3.8, 4) is 0 Å². The van der Waals surface area contributed by atoms with Crippen LogP contribution in [0.3, 0.4) is 0 Å². The van der Waals surface area contributed by atoms with Crippen LogP contribution in [0, 0.1) is 29.2 Å². The molecule has 19 heavy (non-hydrogen) atoms. The van der Waals surface area contributed by atoms with E-state index in [-0.39, 0.29) is 18.0 Å². The topological polar surface area (TPSA) is 38.0 Å². The molecule has 1 aromatic rings. The standard InChI is InChI=1S/C13H16F4N2/c14-8-5-9(15)12(17)13(11(8)16)19-10-4-2-1-3-7(10)6-18/h5,7,10,19H,1-4,6,18H2. The van der Waals surface area contributed by atoms with Crippen LogP contribution in [0.2, 0.25) is 0 Å². The van der Waals surface area contributed by atoms with E-state index in [1.54, 1.807) is 0 Å². The van der Waals surface area contributed by atoms with Gasteiger partial charge in [-0.1, -0.05) is 12.8 Å². The van der Waals surface area contributed by atoms with E-state index in [2.05, 4.69) is 5.32 Å². The molecule has 0 saturated heterocycles. The van der Waals surface area contributed by atoms with Crippen LogP contribution in [0.5, 0.6) is 0 Å². The second-order valence-electron chi connectivity index (χ2n) is 4.87. The van der Waals surface area contributed by atoms with E-state index in [4.69, 9.17) is 5.73 Å². The van der Waals surface area contributed by atoms with Crippen molar-refractivity contribution in [1.29, 1.82) is 0 Å². The minimum Gasteiger partial charge on any atom is -0.377 e. The Morgan fingerprint density at radius 2 is 1.63 bits per heavy atom. The molecule has 1 aliphatic carbocycles. The third-order valence-corrected chi connectivity index (χ3v) is 3.65. The summed E-state index contributed by atoms with van der Waals surface area (Å²) in [6.45, 7) is 0.374. The Morgan fingerprint density at radius 3 is 2.21 bits per heavy atom. The highest BCUT2D eigenvalue weighted by Gasteiger charge is 2.27. The van der Waals surface area contributed by atoms with Crippen LogP contribution >= 0.6 is 0 Å². The summed E-state index contributed by atoms with van der Waals surface area (Å²) < 4.78 is 53.3. The lowest BCUT2D eigenvalue weighted by Crippen LogP contribution is -2.37. The average molecular weight is 276 g/mol. The number of anilines is 1. The second-order valence-corrected chi connectivity index (χ2v) is 4.87. The van der Waals surface area contributed by atoms with Gasteiger partial charge in [0.15, 0.2) is 23.3 Å². The minimum atomic E-state index is -1.40. The van der Waals surface area contributed by atoms with Crippen molar-refractivity contribution >= 4 is 5.69 Å². The first-order valence-electron chi connectivity index (χ1n) is 6.34. The molecule has 1 saturated carbocycles. The predicted octanol–water partition coefficient (Wildman–Crippen LogP) is 3.17. The molecule has 1 fully saturated rings. The third kappa shape index (κ3) is 2.83. The molecule has 0 spiro atoms. The number of hydrogen-bond acceptors (Lipinski definition) is 2. The Hall–Kier alpha value is -1.30. The molecule has 0 heterocycles. The van der Waals surface area contributed by atoms with Crippen molar-refractivity contribution in [3.05, 3.63) is 29.3 Å². The van der Waals surface area contributed by atoms with Crippen LogP contribution in [-0.4, -0.2) is 12.6 Å². The maximum absolute atomic E-state index is 13.6. The van der Waals surface area contributed by atoms with Gasteiger partial charge in [0.25, 0.3) is 0 Å². The van der Waals surface area contributed by atoms with E-state index in [0.717, 1.165) is 19.3 Å². The fourth-order valence-corrected chi connectivity index (χ4v) is 2.57. The normalized spacial score (nSPS) is 23.4. The predicted molar refractivity (Wildman–Crippen MR) is 64.7 cm³/mol. The molecule has 0 amide bonds. The summed E-state index contributed by atoms with van der Waals surface area (Å²) in [6, 6.07) is -0.0547. The van der Waals surface area contributed by atoms with Gasteiger partial charge in [0.05, 0.1) is 0 Å². The summed E-state index contributed by atoms with van der Waals surface area (Å²) >= 11 is 0. The number of nitrogens with two attached hydrogens (primary N) is 1. The largest absolute Gasteiger partial charge is 0.377 e. The number of hydrogen-bond donors (Lipinski definition) is 2. The highest BCUT2D eigenvalue weighted by molar-refractivity contribution is 5.48. The monoisotopic (exact) mass is 276 g/mol. The Bertz CT molecular complexity index is 438. The maximum Gasteiger partial charge on any atom is 0.185 e. The van der Waals surface area contributed by atoms with E-state index in [1.165, 1.54) is 0 Å². The fraction of sp³-hybridized carbons (Fsp3) is 0.538. The van der Waals surface area contributed by atoms with Gasteiger partial charge in [-0.2, -0.15) is 0 Å². The van der Waals surface area contributed by atoms with Gasteiger partial charge in [-0.15, -0.1) is 0 Å². The maximum atomic E-state index is 13.6. The lowest BCUT2D eigenvalue weighted by molar-refractivity contribution is 0.329. The summed E-state index contributed by atoms with van der Waals surface area (Å²) in [5, 5.41) is 2.59. The number of nitrogens with one attached hydrogen (secondary N) is 1. The van der Waals surface area contributed by atoms with E-state index >= 15 is 0 Å². The zero-order valence-electron chi connectivity index (χ0n) is 10.4. The van der Waals surface area contributed by atoms with Crippen molar-refractivity contribution in [3.63, 3.8) is 0 Å². The molecule has 2 unspecified atom stereocenters. The van der Waals surface area contributed by atoms with Gasteiger partial charge in [-0.3, -0.25) is 0 Å². The summed E-state index contributed by atoms with van der Waals surface area (Å²) in [7, 11) is 0. The molecule has 0 aromatic heterocycles. The Balaban J connectivity index is 2.27. The van der Waals surface area contributed by atoms with E-state index < -0.39 is 29.0 Å². The van der Waals surface area contributed by atoms with Crippen molar-refractivity contribution < 1.29 is 17.6 Å². The molecule has 0 bridgehead atoms. The molecule has 1 aliphatic rings. The SMILES string of the molecule is NCC1CCCCC1Nc1c(F)c(F)cc(F)c1F. The van der Waals surface area contributed by atoms with Gasteiger partial charge >= 0.3 is 0 Å². The number of rotatable bonds is 3. The summed E-state index contributed by atoms with van der Waals surface area (Å²) in [6.07, 6.45) is 3.42. The van der Waals surface area contributed by atoms with Gasteiger partial charge in [-0.25, -0.2) is 17.6 Å². The molecular weight excluding hydrogens is 260 g/mol. The average Bonchev–Trinajstić information content (AvgIpc) is 2.42.